The molecule has 3 rings (SSSR count). The van der Waals surface area contributed by atoms with Crippen molar-refractivity contribution in [3.05, 3.63) is 28.1 Å². The number of rotatable bonds is 2. The third-order valence-corrected chi connectivity index (χ3v) is 5.27. The highest BCUT2D eigenvalue weighted by molar-refractivity contribution is 9.10. The molecule has 1 aliphatic heterocycles. The quantitative estimate of drug-likeness (QED) is 0.723. The molecule has 10 heteroatoms. The summed E-state index contributed by atoms with van der Waals surface area (Å²) in [5.41, 5.74) is -0.109. The first kappa shape index (κ1) is 20.5. The summed E-state index contributed by atoms with van der Waals surface area (Å²) in [6.07, 6.45) is 0.937. The van der Waals surface area contributed by atoms with Gasteiger partial charge in [-0.25, -0.2) is 9.18 Å². The van der Waals surface area contributed by atoms with E-state index in [0.29, 0.717) is 10.9 Å². The van der Waals surface area contributed by atoms with Crippen LogP contribution in [0.15, 0.2) is 16.7 Å². The Morgan fingerprint density at radius 2 is 2.14 bits per heavy atom. The van der Waals surface area contributed by atoms with Gasteiger partial charge in [-0.1, -0.05) is 0 Å². The fraction of sp³-hybridized carbons (Fsp3) is 0.500. The Kier molecular flexibility index (Phi) is 5.62. The number of carbonyl (C=O) groups is 2. The summed E-state index contributed by atoms with van der Waals surface area (Å²) in [6, 6.07) is 0.514. The topological polar surface area (TPSA) is 98.8 Å². The minimum atomic E-state index is -0.639. The second-order valence-corrected chi connectivity index (χ2v) is 8.43. The number of aliphatic hydroxyl groups excluding tert-OH is 1. The number of aromatic amines is 1. The number of hydrogen-bond donors (Lipinski definition) is 2. The van der Waals surface area contributed by atoms with E-state index in [9.17, 15) is 19.1 Å². The van der Waals surface area contributed by atoms with Crippen molar-refractivity contribution >= 4 is 38.8 Å². The van der Waals surface area contributed by atoms with E-state index in [4.69, 9.17) is 4.74 Å². The second-order valence-electron chi connectivity index (χ2n) is 7.64. The van der Waals surface area contributed by atoms with Crippen LogP contribution in [0, 0.1) is 5.82 Å². The van der Waals surface area contributed by atoms with Crippen molar-refractivity contribution in [2.75, 3.05) is 26.2 Å². The molecule has 1 atom stereocenters. The number of carbonyl (C=O) groups excluding carboxylic acids is 2. The molecule has 2 amide bonds. The number of nitrogens with zero attached hydrogens (tertiary/aromatic N) is 3. The predicted octanol–water partition coefficient (Wildman–Crippen LogP) is 2.52. The van der Waals surface area contributed by atoms with Crippen LogP contribution in [-0.2, 0) is 4.74 Å². The normalized spacial score (nSPS) is 17.9. The Bertz CT molecular complexity index is 911. The van der Waals surface area contributed by atoms with Crippen LogP contribution >= 0.6 is 15.9 Å². The predicted molar refractivity (Wildman–Crippen MR) is 103 cm³/mol. The van der Waals surface area contributed by atoms with Gasteiger partial charge in [0.25, 0.3) is 5.91 Å². The summed E-state index contributed by atoms with van der Waals surface area (Å²) in [4.78, 5) is 28.3. The first-order chi connectivity index (χ1) is 13.1. The molecule has 0 aliphatic carbocycles. The molecule has 0 radical (unpaired) electrons. The lowest BCUT2D eigenvalue weighted by Gasteiger charge is -2.41. The Hall–Kier alpha value is -2.20. The number of piperazine rings is 1. The van der Waals surface area contributed by atoms with Crippen molar-refractivity contribution in [2.24, 2.45) is 0 Å². The van der Waals surface area contributed by atoms with Gasteiger partial charge >= 0.3 is 6.09 Å². The molecule has 1 fully saturated rings. The largest absolute Gasteiger partial charge is 0.444 e. The highest BCUT2D eigenvalue weighted by Crippen LogP contribution is 2.30. The molecule has 2 N–H and O–H groups in total. The molecule has 152 valence electrons. The molecule has 0 spiro atoms. The smallest absolute Gasteiger partial charge is 0.410 e. The fourth-order valence-corrected chi connectivity index (χ4v) is 3.56. The zero-order valence-corrected chi connectivity index (χ0v) is 17.4. The molecule has 2 aromatic rings. The standard InChI is InChI=1S/C18H22BrFN4O4/c1-18(2,3)28-17(27)23-4-5-24(10(8-23)9-25)16(26)11-6-13(20)14(19)12-7-21-22-15(11)12/h6-7,10,25H,4-5,8-9H2,1-3H3,(H,21,22). The van der Waals surface area contributed by atoms with Crippen molar-refractivity contribution < 1.29 is 23.8 Å². The van der Waals surface area contributed by atoms with E-state index in [-0.39, 0.29) is 36.3 Å². The van der Waals surface area contributed by atoms with Crippen LogP contribution in [0.3, 0.4) is 0 Å². The van der Waals surface area contributed by atoms with Gasteiger partial charge in [0.15, 0.2) is 0 Å². The molecule has 0 saturated carbocycles. The van der Waals surface area contributed by atoms with E-state index in [2.05, 4.69) is 26.1 Å². The van der Waals surface area contributed by atoms with Crippen molar-refractivity contribution in [3.8, 4) is 0 Å². The molecule has 1 aromatic carbocycles. The molecular weight excluding hydrogens is 435 g/mol. The van der Waals surface area contributed by atoms with E-state index >= 15 is 0 Å². The number of aliphatic hydroxyl groups is 1. The molecule has 1 unspecified atom stereocenters. The number of halogens is 2. The number of benzene rings is 1. The van der Waals surface area contributed by atoms with Crippen LogP contribution in [0.1, 0.15) is 31.1 Å². The molecule has 1 aromatic heterocycles. The van der Waals surface area contributed by atoms with Crippen LogP contribution in [0.2, 0.25) is 0 Å². The van der Waals surface area contributed by atoms with Crippen LogP contribution in [-0.4, -0.2) is 75.0 Å². The lowest BCUT2D eigenvalue weighted by Crippen LogP contribution is -2.58. The maximum atomic E-state index is 14.2. The summed E-state index contributed by atoms with van der Waals surface area (Å²) >= 11 is 3.15. The first-order valence-corrected chi connectivity index (χ1v) is 9.62. The highest BCUT2D eigenvalue weighted by Gasteiger charge is 2.35. The van der Waals surface area contributed by atoms with Crippen LogP contribution in [0.4, 0.5) is 9.18 Å². The van der Waals surface area contributed by atoms with E-state index in [1.54, 1.807) is 20.8 Å². The van der Waals surface area contributed by atoms with E-state index in [0.717, 1.165) is 6.07 Å². The summed E-state index contributed by atoms with van der Waals surface area (Å²) in [5, 5.41) is 16.9. The molecule has 28 heavy (non-hydrogen) atoms. The highest BCUT2D eigenvalue weighted by atomic mass is 79.9. The number of H-pyrrole nitrogens is 1. The third-order valence-electron chi connectivity index (χ3n) is 4.46. The maximum absolute atomic E-state index is 14.2. The van der Waals surface area contributed by atoms with Crippen LogP contribution in [0.5, 0.6) is 0 Å². The monoisotopic (exact) mass is 456 g/mol. The Labute approximate surface area is 169 Å². The van der Waals surface area contributed by atoms with Crippen molar-refractivity contribution in [1.82, 2.24) is 20.0 Å². The van der Waals surface area contributed by atoms with Crippen LogP contribution < -0.4 is 0 Å². The zero-order chi connectivity index (χ0) is 20.6. The van der Waals surface area contributed by atoms with Gasteiger partial charge in [0.1, 0.15) is 11.4 Å². The van der Waals surface area contributed by atoms with Gasteiger partial charge in [-0.2, -0.15) is 5.10 Å². The summed E-state index contributed by atoms with van der Waals surface area (Å²) in [6.45, 7) is 5.54. The first-order valence-electron chi connectivity index (χ1n) is 8.83. The second kappa shape index (κ2) is 7.67. The summed E-state index contributed by atoms with van der Waals surface area (Å²) in [7, 11) is 0. The summed E-state index contributed by atoms with van der Waals surface area (Å²) < 4.78 is 19.8. The average molecular weight is 457 g/mol. The van der Waals surface area contributed by atoms with Gasteiger partial charge in [0.05, 0.1) is 34.4 Å². The number of amides is 2. The number of aromatic nitrogens is 2. The van der Waals surface area contributed by atoms with Gasteiger partial charge in [-0.15, -0.1) is 0 Å². The maximum Gasteiger partial charge on any atom is 0.410 e. The minimum Gasteiger partial charge on any atom is -0.444 e. The lowest BCUT2D eigenvalue weighted by molar-refractivity contribution is -0.00239. The molecule has 1 saturated heterocycles. The Morgan fingerprint density at radius 1 is 1.43 bits per heavy atom. The molecule has 8 nitrogen and oxygen atoms in total. The van der Waals surface area contributed by atoms with E-state index < -0.39 is 29.5 Å². The van der Waals surface area contributed by atoms with Crippen molar-refractivity contribution in [1.29, 1.82) is 0 Å². The van der Waals surface area contributed by atoms with E-state index in [1.165, 1.54) is 16.0 Å². The molecule has 2 heterocycles. The van der Waals surface area contributed by atoms with Gasteiger partial charge < -0.3 is 19.6 Å². The Morgan fingerprint density at radius 3 is 2.79 bits per heavy atom. The number of hydrogen-bond acceptors (Lipinski definition) is 5. The third kappa shape index (κ3) is 3.97. The van der Waals surface area contributed by atoms with Crippen molar-refractivity contribution in [2.45, 2.75) is 32.4 Å². The molecule has 1 aliphatic rings. The van der Waals surface area contributed by atoms with Gasteiger partial charge in [-0.3, -0.25) is 9.89 Å². The Balaban J connectivity index is 1.83. The summed E-state index contributed by atoms with van der Waals surface area (Å²) in [5.74, 6) is -1.02. The van der Waals surface area contributed by atoms with Crippen molar-refractivity contribution in [3.63, 3.8) is 0 Å². The van der Waals surface area contributed by atoms with Gasteiger partial charge in [-0.05, 0) is 42.8 Å². The van der Waals surface area contributed by atoms with E-state index in [1.807, 2.05) is 0 Å². The SMILES string of the molecule is CC(C)(C)OC(=O)N1CCN(C(=O)c2cc(F)c(Br)c3cn[nH]c23)C(CO)C1. The average Bonchev–Trinajstić information content (AvgIpc) is 3.12. The lowest BCUT2D eigenvalue weighted by atomic mass is 10.1. The fourth-order valence-electron chi connectivity index (χ4n) is 3.14. The van der Waals surface area contributed by atoms with Gasteiger partial charge in [0, 0.05) is 25.0 Å². The van der Waals surface area contributed by atoms with Gasteiger partial charge in [0.2, 0.25) is 0 Å². The van der Waals surface area contributed by atoms with Crippen LogP contribution in [0.25, 0.3) is 10.9 Å². The number of fused-ring (bicyclic) bond motifs is 1. The number of nitrogens with one attached hydrogen (secondary N) is 1. The molecule has 0 bridgehead atoms. The molecular formula is C18H22BrFN4O4. The zero-order valence-electron chi connectivity index (χ0n) is 15.8. The minimum absolute atomic E-state index is 0.123. The number of ether oxygens (including phenoxy) is 1.